The predicted molar refractivity (Wildman–Crippen MR) is 77.1 cm³/mol. The third-order valence-electron chi connectivity index (χ3n) is 3.97. The molecule has 0 heterocycles. The molecule has 2 heteroatoms. The van der Waals surface area contributed by atoms with Crippen molar-refractivity contribution in [1.82, 2.24) is 0 Å². The fraction of sp³-hybridized carbons (Fsp3) is 0.294. The van der Waals surface area contributed by atoms with Gasteiger partial charge in [-0.05, 0) is 52.9 Å². The zero-order valence-electron chi connectivity index (χ0n) is 11.6. The van der Waals surface area contributed by atoms with Gasteiger partial charge in [-0.2, -0.15) is 0 Å². The molecule has 2 aromatic rings. The van der Waals surface area contributed by atoms with E-state index < -0.39 is 0 Å². The Morgan fingerprint density at radius 1 is 0.842 bits per heavy atom. The Kier molecular flexibility index (Phi) is 2.94. The van der Waals surface area contributed by atoms with Gasteiger partial charge in [0, 0.05) is 5.92 Å². The topological polar surface area (TPSA) is 18.5 Å². The van der Waals surface area contributed by atoms with E-state index in [1.165, 1.54) is 22.3 Å². The molecule has 0 amide bonds. The molecule has 0 saturated heterocycles. The molecule has 19 heavy (non-hydrogen) atoms. The van der Waals surface area contributed by atoms with Crippen molar-refractivity contribution in [3.63, 3.8) is 0 Å². The van der Waals surface area contributed by atoms with E-state index in [-0.39, 0.29) is 0 Å². The lowest BCUT2D eigenvalue weighted by Crippen LogP contribution is -1.95. The molecule has 0 bridgehead atoms. The third-order valence-corrected chi connectivity index (χ3v) is 3.97. The van der Waals surface area contributed by atoms with E-state index in [4.69, 9.17) is 9.47 Å². The highest BCUT2D eigenvalue weighted by molar-refractivity contribution is 5.80. The van der Waals surface area contributed by atoms with Gasteiger partial charge in [-0.1, -0.05) is 19.1 Å². The summed E-state index contributed by atoms with van der Waals surface area (Å²) >= 11 is 0. The van der Waals surface area contributed by atoms with Gasteiger partial charge in [0.25, 0.3) is 0 Å². The van der Waals surface area contributed by atoms with Crippen molar-refractivity contribution in [2.24, 2.45) is 0 Å². The maximum absolute atomic E-state index is 5.35. The van der Waals surface area contributed by atoms with Gasteiger partial charge in [0.1, 0.15) is 11.5 Å². The molecule has 0 spiro atoms. The van der Waals surface area contributed by atoms with E-state index in [0.717, 1.165) is 17.9 Å². The van der Waals surface area contributed by atoms with Crippen LogP contribution in [0.15, 0.2) is 36.4 Å². The second kappa shape index (κ2) is 4.61. The van der Waals surface area contributed by atoms with Crippen LogP contribution in [0.25, 0.3) is 11.1 Å². The zero-order chi connectivity index (χ0) is 13.4. The van der Waals surface area contributed by atoms with Crippen molar-refractivity contribution in [3.8, 4) is 22.6 Å². The number of fused-ring (bicyclic) bond motifs is 3. The molecule has 0 unspecified atom stereocenters. The van der Waals surface area contributed by atoms with Crippen LogP contribution in [-0.2, 0) is 0 Å². The van der Waals surface area contributed by atoms with Crippen LogP contribution in [0.3, 0.4) is 0 Å². The van der Waals surface area contributed by atoms with Crippen LogP contribution in [0.1, 0.15) is 30.4 Å². The molecule has 0 saturated carbocycles. The molecule has 0 aromatic heterocycles. The van der Waals surface area contributed by atoms with E-state index in [1.807, 2.05) is 12.1 Å². The van der Waals surface area contributed by atoms with E-state index in [0.29, 0.717) is 5.92 Å². The Balaban J connectivity index is 2.19. The molecular formula is C17H18O2. The Labute approximate surface area is 114 Å². The van der Waals surface area contributed by atoms with Crippen LogP contribution < -0.4 is 9.47 Å². The number of ether oxygens (including phenoxy) is 2. The smallest absolute Gasteiger partial charge is 0.119 e. The first-order chi connectivity index (χ1) is 9.28. The minimum absolute atomic E-state index is 0.440. The second-order valence-corrected chi connectivity index (χ2v) is 4.87. The highest BCUT2D eigenvalue weighted by Crippen LogP contribution is 2.48. The van der Waals surface area contributed by atoms with Crippen molar-refractivity contribution >= 4 is 0 Å². The van der Waals surface area contributed by atoms with Gasteiger partial charge in [-0.15, -0.1) is 0 Å². The third kappa shape index (κ3) is 1.79. The Morgan fingerprint density at radius 2 is 1.32 bits per heavy atom. The van der Waals surface area contributed by atoms with E-state index in [9.17, 15) is 0 Å². The monoisotopic (exact) mass is 254 g/mol. The van der Waals surface area contributed by atoms with Crippen LogP contribution in [0.2, 0.25) is 0 Å². The molecule has 1 aliphatic rings. The molecular weight excluding hydrogens is 236 g/mol. The van der Waals surface area contributed by atoms with Gasteiger partial charge < -0.3 is 9.47 Å². The lowest BCUT2D eigenvalue weighted by Gasteiger charge is -2.12. The Hall–Kier alpha value is -1.96. The van der Waals surface area contributed by atoms with Crippen molar-refractivity contribution in [2.75, 3.05) is 14.2 Å². The SMILES string of the molecule is CCC1c2cc(OC)ccc2-c2ccc(OC)cc21. The van der Waals surface area contributed by atoms with Crippen LogP contribution in [-0.4, -0.2) is 14.2 Å². The van der Waals surface area contributed by atoms with E-state index in [1.54, 1.807) is 14.2 Å². The molecule has 3 rings (SSSR count). The normalized spacial score (nSPS) is 13.0. The summed E-state index contributed by atoms with van der Waals surface area (Å²) in [5.74, 6) is 2.30. The summed E-state index contributed by atoms with van der Waals surface area (Å²) < 4.78 is 10.7. The van der Waals surface area contributed by atoms with Crippen molar-refractivity contribution in [2.45, 2.75) is 19.3 Å². The van der Waals surface area contributed by atoms with Crippen molar-refractivity contribution in [3.05, 3.63) is 47.5 Å². The van der Waals surface area contributed by atoms with E-state index in [2.05, 4.69) is 31.2 Å². The van der Waals surface area contributed by atoms with Crippen molar-refractivity contribution in [1.29, 1.82) is 0 Å². The van der Waals surface area contributed by atoms with Gasteiger partial charge in [-0.3, -0.25) is 0 Å². The summed E-state index contributed by atoms with van der Waals surface area (Å²) in [5.41, 5.74) is 5.38. The van der Waals surface area contributed by atoms with Gasteiger partial charge in [0.15, 0.2) is 0 Å². The zero-order valence-corrected chi connectivity index (χ0v) is 11.6. The molecule has 0 aliphatic heterocycles. The summed E-state index contributed by atoms with van der Waals surface area (Å²) in [7, 11) is 3.43. The highest BCUT2D eigenvalue weighted by Gasteiger charge is 2.28. The summed E-state index contributed by atoms with van der Waals surface area (Å²) in [4.78, 5) is 0. The van der Waals surface area contributed by atoms with Crippen LogP contribution >= 0.6 is 0 Å². The fourth-order valence-corrected chi connectivity index (χ4v) is 3.01. The quantitative estimate of drug-likeness (QED) is 0.816. The lowest BCUT2D eigenvalue weighted by molar-refractivity contribution is 0.413. The lowest BCUT2D eigenvalue weighted by atomic mass is 9.94. The number of methoxy groups -OCH3 is 2. The second-order valence-electron chi connectivity index (χ2n) is 4.87. The molecule has 0 fully saturated rings. The first-order valence-corrected chi connectivity index (χ1v) is 6.64. The standard InChI is InChI=1S/C17H18O2/c1-4-13-16-9-11(18-2)5-7-14(16)15-8-6-12(19-3)10-17(13)15/h5-10,13H,4H2,1-3H3. The first-order valence-electron chi connectivity index (χ1n) is 6.64. The number of hydrogen-bond acceptors (Lipinski definition) is 2. The summed E-state index contributed by atoms with van der Waals surface area (Å²) in [6, 6.07) is 12.7. The summed E-state index contributed by atoms with van der Waals surface area (Å²) in [6.07, 6.45) is 1.08. The molecule has 0 N–H and O–H groups in total. The fourth-order valence-electron chi connectivity index (χ4n) is 3.01. The van der Waals surface area contributed by atoms with Gasteiger partial charge in [0.05, 0.1) is 14.2 Å². The van der Waals surface area contributed by atoms with Crippen molar-refractivity contribution < 1.29 is 9.47 Å². The predicted octanol–water partition coefficient (Wildman–Crippen LogP) is 4.23. The first kappa shape index (κ1) is 12.1. The van der Waals surface area contributed by atoms with Crippen LogP contribution in [0, 0.1) is 0 Å². The summed E-state index contributed by atoms with van der Waals surface area (Å²) in [5, 5.41) is 0. The maximum Gasteiger partial charge on any atom is 0.119 e. The minimum Gasteiger partial charge on any atom is -0.497 e. The van der Waals surface area contributed by atoms with Gasteiger partial charge in [-0.25, -0.2) is 0 Å². The average Bonchev–Trinajstić information content (AvgIpc) is 2.78. The Bertz CT molecular complexity index is 563. The minimum atomic E-state index is 0.440. The molecule has 0 radical (unpaired) electrons. The van der Waals surface area contributed by atoms with Gasteiger partial charge >= 0.3 is 0 Å². The molecule has 0 atom stereocenters. The number of rotatable bonds is 3. The molecule has 2 aromatic carbocycles. The molecule has 98 valence electrons. The number of benzene rings is 2. The average molecular weight is 254 g/mol. The van der Waals surface area contributed by atoms with Crippen LogP contribution in [0.4, 0.5) is 0 Å². The van der Waals surface area contributed by atoms with Gasteiger partial charge in [0.2, 0.25) is 0 Å². The largest absolute Gasteiger partial charge is 0.497 e. The highest BCUT2D eigenvalue weighted by atomic mass is 16.5. The Morgan fingerprint density at radius 3 is 1.68 bits per heavy atom. The number of hydrogen-bond donors (Lipinski definition) is 0. The van der Waals surface area contributed by atoms with E-state index >= 15 is 0 Å². The molecule has 2 nitrogen and oxygen atoms in total. The molecule has 1 aliphatic carbocycles. The summed E-state index contributed by atoms with van der Waals surface area (Å²) in [6.45, 7) is 2.22. The van der Waals surface area contributed by atoms with Crippen LogP contribution in [0.5, 0.6) is 11.5 Å². The maximum atomic E-state index is 5.35.